The van der Waals surface area contributed by atoms with Crippen LogP contribution in [0, 0.1) is 0 Å². The Bertz CT molecular complexity index is 831. The van der Waals surface area contributed by atoms with E-state index in [9.17, 15) is 18.3 Å². The molecule has 0 spiro atoms. The number of halogens is 3. The molecular formula is C23H26F3NO. The van der Waals surface area contributed by atoms with E-state index in [1.165, 1.54) is 12.1 Å². The molecule has 0 saturated carbocycles. The van der Waals surface area contributed by atoms with Crippen molar-refractivity contribution in [3.05, 3.63) is 76.9 Å². The van der Waals surface area contributed by atoms with Crippen LogP contribution in [0.3, 0.4) is 0 Å². The molecule has 1 aliphatic carbocycles. The summed E-state index contributed by atoms with van der Waals surface area (Å²) in [5.41, 5.74) is 1.20. The van der Waals surface area contributed by atoms with E-state index in [-0.39, 0.29) is 6.04 Å². The van der Waals surface area contributed by atoms with Gasteiger partial charge in [0.15, 0.2) is 0 Å². The standard InChI is InChI=1S/C23H26F3NO/c1-17(16-22(28)13-5-10-19-9-2-3-12-21(19)22)27-14-6-8-18-7-4-11-20(15-18)23(24,25)26/h2-5,7,9-12,15,17,27-28H,6,8,13-14,16H2,1H3. The maximum Gasteiger partial charge on any atom is 0.416 e. The summed E-state index contributed by atoms with van der Waals surface area (Å²) in [6, 6.07) is 13.5. The molecule has 2 atom stereocenters. The minimum atomic E-state index is -4.30. The topological polar surface area (TPSA) is 32.3 Å². The van der Waals surface area contributed by atoms with Gasteiger partial charge in [0.1, 0.15) is 0 Å². The van der Waals surface area contributed by atoms with Gasteiger partial charge in [0.05, 0.1) is 11.2 Å². The summed E-state index contributed by atoms with van der Waals surface area (Å²) in [6.07, 6.45) is 2.22. The van der Waals surface area contributed by atoms with Gasteiger partial charge in [-0.3, -0.25) is 0 Å². The SMILES string of the molecule is CC(CC1(O)CC=Cc2ccccc21)NCCCc1cccc(C(F)(F)F)c1. The first-order chi connectivity index (χ1) is 13.3. The third-order valence-corrected chi connectivity index (χ3v) is 5.25. The fraction of sp³-hybridized carbons (Fsp3) is 0.391. The quantitative estimate of drug-likeness (QED) is 0.629. The van der Waals surface area contributed by atoms with Crippen LogP contribution in [-0.4, -0.2) is 17.7 Å². The number of hydrogen-bond donors (Lipinski definition) is 2. The molecule has 0 aliphatic heterocycles. The molecule has 2 aromatic carbocycles. The first kappa shape index (κ1) is 20.6. The average Bonchev–Trinajstić information content (AvgIpc) is 2.65. The van der Waals surface area contributed by atoms with Gasteiger partial charge in [-0.1, -0.05) is 54.6 Å². The molecule has 0 saturated heterocycles. The lowest BCUT2D eigenvalue weighted by Crippen LogP contribution is -2.38. The number of hydrogen-bond acceptors (Lipinski definition) is 2. The highest BCUT2D eigenvalue weighted by Crippen LogP contribution is 2.37. The highest BCUT2D eigenvalue weighted by Gasteiger charge is 2.33. The molecule has 3 rings (SSSR count). The van der Waals surface area contributed by atoms with Crippen LogP contribution < -0.4 is 5.32 Å². The van der Waals surface area contributed by atoms with Gasteiger partial charge >= 0.3 is 6.18 Å². The molecule has 2 nitrogen and oxygen atoms in total. The average molecular weight is 389 g/mol. The Balaban J connectivity index is 1.49. The fourth-order valence-electron chi connectivity index (χ4n) is 3.87. The summed E-state index contributed by atoms with van der Waals surface area (Å²) in [7, 11) is 0. The summed E-state index contributed by atoms with van der Waals surface area (Å²) >= 11 is 0. The van der Waals surface area contributed by atoms with Crippen LogP contribution in [0.25, 0.3) is 6.08 Å². The van der Waals surface area contributed by atoms with Crippen LogP contribution in [0.15, 0.2) is 54.6 Å². The zero-order chi connectivity index (χ0) is 20.2. The second kappa shape index (κ2) is 8.50. The number of aryl methyl sites for hydroxylation is 1. The summed E-state index contributed by atoms with van der Waals surface area (Å²) in [4.78, 5) is 0. The van der Waals surface area contributed by atoms with Crippen LogP contribution >= 0.6 is 0 Å². The first-order valence-electron chi connectivity index (χ1n) is 9.66. The van der Waals surface area contributed by atoms with Crippen molar-refractivity contribution in [2.24, 2.45) is 0 Å². The van der Waals surface area contributed by atoms with Crippen molar-refractivity contribution in [2.45, 2.75) is 50.4 Å². The van der Waals surface area contributed by atoms with E-state index in [0.29, 0.717) is 31.4 Å². The van der Waals surface area contributed by atoms with Gasteiger partial charge in [0.25, 0.3) is 0 Å². The Labute approximate surface area is 164 Å². The lowest BCUT2D eigenvalue weighted by Gasteiger charge is -2.34. The molecule has 1 aliphatic rings. The second-order valence-corrected chi connectivity index (χ2v) is 7.59. The highest BCUT2D eigenvalue weighted by atomic mass is 19.4. The Morgan fingerprint density at radius 2 is 1.93 bits per heavy atom. The smallest absolute Gasteiger partial charge is 0.385 e. The van der Waals surface area contributed by atoms with Crippen molar-refractivity contribution in [3.63, 3.8) is 0 Å². The number of fused-ring (bicyclic) bond motifs is 1. The van der Waals surface area contributed by atoms with Crippen molar-refractivity contribution >= 4 is 6.08 Å². The van der Waals surface area contributed by atoms with Crippen LogP contribution in [0.5, 0.6) is 0 Å². The highest BCUT2D eigenvalue weighted by molar-refractivity contribution is 5.58. The molecule has 150 valence electrons. The van der Waals surface area contributed by atoms with Crippen molar-refractivity contribution in [2.75, 3.05) is 6.54 Å². The predicted octanol–water partition coefficient (Wildman–Crippen LogP) is 5.31. The molecule has 0 aromatic heterocycles. The maximum absolute atomic E-state index is 12.8. The summed E-state index contributed by atoms with van der Waals surface area (Å²) in [5, 5.41) is 14.5. The second-order valence-electron chi connectivity index (χ2n) is 7.59. The van der Waals surface area contributed by atoms with Gasteiger partial charge in [-0.25, -0.2) is 0 Å². The fourth-order valence-corrected chi connectivity index (χ4v) is 3.87. The van der Waals surface area contributed by atoms with E-state index in [1.807, 2.05) is 43.3 Å². The zero-order valence-electron chi connectivity index (χ0n) is 16.0. The zero-order valence-corrected chi connectivity index (χ0v) is 16.0. The predicted molar refractivity (Wildman–Crippen MR) is 106 cm³/mol. The largest absolute Gasteiger partial charge is 0.416 e. The van der Waals surface area contributed by atoms with Crippen LogP contribution in [0.1, 0.15) is 48.4 Å². The van der Waals surface area contributed by atoms with Gasteiger partial charge < -0.3 is 10.4 Å². The van der Waals surface area contributed by atoms with Crippen LogP contribution in [-0.2, 0) is 18.2 Å². The van der Waals surface area contributed by atoms with E-state index in [2.05, 4.69) is 5.32 Å². The van der Waals surface area contributed by atoms with Gasteiger partial charge in [-0.2, -0.15) is 13.2 Å². The third-order valence-electron chi connectivity index (χ3n) is 5.25. The lowest BCUT2D eigenvalue weighted by molar-refractivity contribution is -0.137. The van der Waals surface area contributed by atoms with E-state index in [4.69, 9.17) is 0 Å². The Kier molecular flexibility index (Phi) is 6.26. The normalized spacial score (nSPS) is 20.0. The molecule has 0 fully saturated rings. The Morgan fingerprint density at radius 3 is 2.71 bits per heavy atom. The first-order valence-corrected chi connectivity index (χ1v) is 9.66. The number of rotatable bonds is 7. The molecule has 2 unspecified atom stereocenters. The molecule has 0 heterocycles. The summed E-state index contributed by atoms with van der Waals surface area (Å²) in [5.74, 6) is 0. The number of benzene rings is 2. The van der Waals surface area contributed by atoms with Crippen molar-refractivity contribution < 1.29 is 18.3 Å². The van der Waals surface area contributed by atoms with Gasteiger partial charge in [-0.15, -0.1) is 0 Å². The molecule has 2 aromatic rings. The summed E-state index contributed by atoms with van der Waals surface area (Å²) < 4.78 is 38.4. The monoisotopic (exact) mass is 389 g/mol. The molecule has 0 bridgehead atoms. The Morgan fingerprint density at radius 1 is 1.14 bits per heavy atom. The van der Waals surface area contributed by atoms with E-state index in [0.717, 1.165) is 23.6 Å². The third kappa shape index (κ3) is 5.03. The minimum absolute atomic E-state index is 0.0889. The molecule has 0 amide bonds. The van der Waals surface area contributed by atoms with Gasteiger partial charge in [0, 0.05) is 6.04 Å². The van der Waals surface area contributed by atoms with E-state index >= 15 is 0 Å². The summed E-state index contributed by atoms with van der Waals surface area (Å²) in [6.45, 7) is 2.72. The number of nitrogens with one attached hydrogen (secondary N) is 1. The number of aliphatic hydroxyl groups is 1. The Hall–Kier alpha value is -2.11. The van der Waals surface area contributed by atoms with Crippen molar-refractivity contribution in [1.29, 1.82) is 0 Å². The molecular weight excluding hydrogens is 363 g/mol. The lowest BCUT2D eigenvalue weighted by atomic mass is 9.79. The van der Waals surface area contributed by atoms with Crippen molar-refractivity contribution in [1.82, 2.24) is 5.32 Å². The molecule has 2 N–H and O–H groups in total. The molecule has 0 radical (unpaired) electrons. The van der Waals surface area contributed by atoms with Crippen LogP contribution in [0.2, 0.25) is 0 Å². The van der Waals surface area contributed by atoms with Gasteiger partial charge in [0.2, 0.25) is 0 Å². The van der Waals surface area contributed by atoms with E-state index < -0.39 is 17.3 Å². The van der Waals surface area contributed by atoms with Crippen LogP contribution in [0.4, 0.5) is 13.2 Å². The van der Waals surface area contributed by atoms with E-state index in [1.54, 1.807) is 6.07 Å². The minimum Gasteiger partial charge on any atom is -0.385 e. The van der Waals surface area contributed by atoms with Crippen molar-refractivity contribution in [3.8, 4) is 0 Å². The van der Waals surface area contributed by atoms with Gasteiger partial charge in [-0.05, 0) is 61.9 Å². The molecule has 5 heteroatoms. The maximum atomic E-state index is 12.8. The number of alkyl halides is 3. The molecule has 28 heavy (non-hydrogen) atoms.